The van der Waals surface area contributed by atoms with E-state index < -0.39 is 0 Å². The predicted molar refractivity (Wildman–Crippen MR) is 89.2 cm³/mol. The standard InChI is InChI=1S/C17H16N3OS.Ac/c1-10-14-8-3-11-9-19-20(2)16(11)15(14)17(22-10)21-13-6-4-12(18)5-7-13;/h4-7,9,18H,3,8H2,1-2H3;/q-1;. The number of nitrogens with one attached hydrogen (secondary N) is 1. The van der Waals surface area contributed by atoms with Crippen molar-refractivity contribution in [3.8, 4) is 22.1 Å². The van der Waals surface area contributed by atoms with E-state index in [4.69, 9.17) is 10.5 Å². The van der Waals surface area contributed by atoms with Gasteiger partial charge in [-0.1, -0.05) is 12.1 Å². The normalized spacial score (nSPS) is 12.3. The van der Waals surface area contributed by atoms with Gasteiger partial charge in [-0.05, 0) is 43.0 Å². The van der Waals surface area contributed by atoms with Gasteiger partial charge in [-0.3, -0.25) is 4.68 Å². The Morgan fingerprint density at radius 3 is 2.70 bits per heavy atom. The second kappa shape index (κ2) is 6.58. The van der Waals surface area contributed by atoms with Gasteiger partial charge in [0, 0.05) is 56.0 Å². The number of thiophene rings is 1. The van der Waals surface area contributed by atoms with Crippen LogP contribution in [0.2, 0.25) is 0 Å². The minimum atomic E-state index is 0. The Kier molecular flexibility index (Phi) is 4.87. The molecule has 23 heavy (non-hydrogen) atoms. The van der Waals surface area contributed by atoms with Gasteiger partial charge in [-0.2, -0.15) is 5.10 Å². The molecule has 2 aromatic heterocycles. The van der Waals surface area contributed by atoms with Crippen LogP contribution in [-0.2, 0) is 19.9 Å². The molecule has 4 rings (SSSR count). The number of rotatable bonds is 2. The van der Waals surface area contributed by atoms with Crippen molar-refractivity contribution in [2.24, 2.45) is 7.05 Å². The van der Waals surface area contributed by atoms with Crippen LogP contribution < -0.4 is 4.74 Å². The molecule has 0 aliphatic heterocycles. The van der Waals surface area contributed by atoms with Gasteiger partial charge in [0.15, 0.2) is 5.06 Å². The fraction of sp³-hybridized carbons (Fsp3) is 0.235. The van der Waals surface area contributed by atoms with Crippen molar-refractivity contribution in [2.45, 2.75) is 19.8 Å². The van der Waals surface area contributed by atoms with Crippen molar-refractivity contribution in [3.05, 3.63) is 52.2 Å². The van der Waals surface area contributed by atoms with Crippen molar-refractivity contribution in [1.82, 2.24) is 9.78 Å². The molecular weight excluding hydrogens is 521 g/mol. The van der Waals surface area contributed by atoms with E-state index in [2.05, 4.69) is 12.0 Å². The van der Waals surface area contributed by atoms with E-state index in [1.807, 2.05) is 30.1 Å². The van der Waals surface area contributed by atoms with Gasteiger partial charge < -0.3 is 10.5 Å². The van der Waals surface area contributed by atoms with E-state index in [0.29, 0.717) is 5.69 Å². The number of hydrogen-bond acceptors (Lipinski definition) is 3. The van der Waals surface area contributed by atoms with E-state index in [0.717, 1.165) is 23.7 Å². The first-order valence-electron chi connectivity index (χ1n) is 7.26. The van der Waals surface area contributed by atoms with Crippen LogP contribution in [0.4, 0.5) is 5.69 Å². The first kappa shape index (κ1) is 17.0. The average molecular weight is 537 g/mol. The van der Waals surface area contributed by atoms with E-state index in [1.165, 1.54) is 27.3 Å². The van der Waals surface area contributed by atoms with E-state index in [-0.39, 0.29) is 44.1 Å². The fourth-order valence-electron chi connectivity index (χ4n) is 3.04. The predicted octanol–water partition coefficient (Wildman–Crippen LogP) is 5.03. The molecule has 3 aromatic rings. The molecule has 0 fully saturated rings. The van der Waals surface area contributed by atoms with Crippen molar-refractivity contribution in [1.29, 1.82) is 0 Å². The van der Waals surface area contributed by atoms with Crippen LogP contribution in [0.25, 0.3) is 17.0 Å². The molecule has 2 heterocycles. The zero-order valence-corrected chi connectivity index (χ0v) is 18.7. The number of aryl methyl sites for hydroxylation is 3. The Balaban J connectivity index is 0.00000156. The molecule has 0 saturated heterocycles. The number of fused-ring (bicyclic) bond motifs is 3. The molecule has 1 aromatic carbocycles. The molecule has 115 valence electrons. The molecule has 0 amide bonds. The van der Waals surface area contributed by atoms with Crippen molar-refractivity contribution in [2.75, 3.05) is 0 Å². The molecule has 1 aliphatic carbocycles. The van der Waals surface area contributed by atoms with Crippen LogP contribution >= 0.6 is 11.3 Å². The molecule has 6 heteroatoms. The minimum absolute atomic E-state index is 0. The molecule has 0 atom stereocenters. The van der Waals surface area contributed by atoms with Crippen LogP contribution in [0.3, 0.4) is 0 Å². The van der Waals surface area contributed by atoms with Crippen LogP contribution in [0.1, 0.15) is 16.0 Å². The molecule has 4 nitrogen and oxygen atoms in total. The van der Waals surface area contributed by atoms with Gasteiger partial charge in [-0.15, -0.1) is 17.0 Å². The Bertz CT molecular complexity index is 852. The first-order chi connectivity index (χ1) is 10.6. The summed E-state index contributed by atoms with van der Waals surface area (Å²) in [6.45, 7) is 2.16. The third-order valence-electron chi connectivity index (χ3n) is 4.14. The average Bonchev–Trinajstić information content (AvgIpc) is 3.03. The number of aromatic nitrogens is 2. The van der Waals surface area contributed by atoms with Crippen molar-refractivity contribution >= 4 is 17.0 Å². The molecule has 0 spiro atoms. The summed E-state index contributed by atoms with van der Waals surface area (Å²) in [5, 5.41) is 5.33. The molecular formula is C17H16AcN3OS-. The molecule has 1 N–H and O–H groups in total. The maximum absolute atomic E-state index is 7.57. The quantitative estimate of drug-likeness (QED) is 0.461. The van der Waals surface area contributed by atoms with Gasteiger partial charge >= 0.3 is 0 Å². The van der Waals surface area contributed by atoms with Gasteiger partial charge in [-0.25, -0.2) is 0 Å². The number of ether oxygens (including phenoxy) is 1. The maximum Gasteiger partial charge on any atom is 0.190 e. The molecule has 0 unspecified atom stereocenters. The zero-order valence-electron chi connectivity index (χ0n) is 13.1. The van der Waals surface area contributed by atoms with Gasteiger partial charge in [0.25, 0.3) is 0 Å². The van der Waals surface area contributed by atoms with E-state index in [1.54, 1.807) is 23.5 Å². The fourth-order valence-corrected chi connectivity index (χ4v) is 4.11. The first-order valence-corrected chi connectivity index (χ1v) is 8.08. The summed E-state index contributed by atoms with van der Waals surface area (Å²) in [7, 11) is 1.99. The number of nitrogens with zero attached hydrogens (tertiary/aromatic N) is 2. The summed E-state index contributed by atoms with van der Waals surface area (Å²) in [4.78, 5) is 1.31. The van der Waals surface area contributed by atoms with Crippen LogP contribution in [0, 0.1) is 51.0 Å². The third-order valence-corrected chi connectivity index (χ3v) is 5.16. The van der Waals surface area contributed by atoms with Gasteiger partial charge in [0.2, 0.25) is 0 Å². The Morgan fingerprint density at radius 1 is 1.22 bits per heavy atom. The summed E-state index contributed by atoms with van der Waals surface area (Å²) in [6.07, 6.45) is 4.05. The van der Waals surface area contributed by atoms with Crippen LogP contribution in [0.15, 0.2) is 30.5 Å². The van der Waals surface area contributed by atoms with Crippen molar-refractivity contribution in [3.63, 3.8) is 0 Å². The van der Waals surface area contributed by atoms with Crippen LogP contribution in [-0.4, -0.2) is 9.78 Å². The molecule has 1 radical (unpaired) electrons. The molecule has 1 aliphatic rings. The zero-order chi connectivity index (χ0) is 15.3. The summed E-state index contributed by atoms with van der Waals surface area (Å²) in [6, 6.07) is 7.18. The van der Waals surface area contributed by atoms with E-state index >= 15 is 0 Å². The SMILES string of the molecule is Cc1sc(Oc2ccc([NH-])cc2)c2c1CCc1cnn(C)c1-2.[Ac]. The molecule has 0 saturated carbocycles. The van der Waals surface area contributed by atoms with Gasteiger partial charge in [0.05, 0.1) is 17.5 Å². The largest absolute Gasteiger partial charge is 0.699 e. The van der Waals surface area contributed by atoms with Crippen LogP contribution in [0.5, 0.6) is 10.8 Å². The summed E-state index contributed by atoms with van der Waals surface area (Å²) in [5.41, 5.74) is 13.1. The number of benzene rings is 1. The minimum Gasteiger partial charge on any atom is -0.699 e. The monoisotopic (exact) mass is 537 g/mol. The Morgan fingerprint density at radius 2 is 1.96 bits per heavy atom. The third kappa shape index (κ3) is 2.97. The van der Waals surface area contributed by atoms with E-state index in [9.17, 15) is 0 Å². The summed E-state index contributed by atoms with van der Waals surface area (Å²) in [5.74, 6) is 0.773. The second-order valence-electron chi connectivity index (χ2n) is 5.57. The topological polar surface area (TPSA) is 50.9 Å². The summed E-state index contributed by atoms with van der Waals surface area (Å²) >= 11 is 1.69. The Hall–Kier alpha value is -0.828. The number of hydrogen-bond donors (Lipinski definition) is 0. The van der Waals surface area contributed by atoms with Gasteiger partial charge in [0.1, 0.15) is 5.75 Å². The second-order valence-corrected chi connectivity index (χ2v) is 6.76. The summed E-state index contributed by atoms with van der Waals surface area (Å²) < 4.78 is 8.07. The molecule has 0 bridgehead atoms. The maximum atomic E-state index is 7.57. The smallest absolute Gasteiger partial charge is 0.190 e. The van der Waals surface area contributed by atoms with Crippen molar-refractivity contribution < 1.29 is 48.8 Å². The Labute approximate surface area is 175 Å².